The minimum Gasteiger partial charge on any atom is -0.354 e. The van der Waals surface area contributed by atoms with Crippen molar-refractivity contribution in [1.29, 1.82) is 0 Å². The van der Waals surface area contributed by atoms with Crippen molar-refractivity contribution in [2.45, 2.75) is 50.6 Å². The summed E-state index contributed by atoms with van der Waals surface area (Å²) in [5.74, 6) is -0.0424. The van der Waals surface area contributed by atoms with Gasteiger partial charge in [0.2, 0.25) is 11.8 Å². The van der Waals surface area contributed by atoms with Crippen LogP contribution in [0.1, 0.15) is 38.5 Å². The summed E-state index contributed by atoms with van der Waals surface area (Å²) in [4.78, 5) is 23.6. The number of amides is 2. The molecule has 5 nitrogen and oxygen atoms in total. The predicted molar refractivity (Wildman–Crippen MR) is 64.1 cm³/mol. The zero-order valence-electron chi connectivity index (χ0n) is 10.1. The molecule has 5 heteroatoms. The molecule has 0 aromatic heterocycles. The Bertz CT molecular complexity index is 306. The molecule has 17 heavy (non-hydrogen) atoms. The number of carbonyl (C=O) groups is 2. The molecule has 1 aliphatic heterocycles. The van der Waals surface area contributed by atoms with Crippen LogP contribution < -0.4 is 16.4 Å². The Morgan fingerprint density at radius 3 is 2.82 bits per heavy atom. The first-order valence-corrected chi connectivity index (χ1v) is 6.50. The fourth-order valence-corrected chi connectivity index (χ4v) is 2.62. The highest BCUT2D eigenvalue weighted by atomic mass is 16.2. The van der Waals surface area contributed by atoms with E-state index in [1.807, 2.05) is 0 Å². The van der Waals surface area contributed by atoms with Gasteiger partial charge in [-0.15, -0.1) is 0 Å². The second-order valence-corrected chi connectivity index (χ2v) is 5.12. The number of rotatable bonds is 2. The summed E-state index contributed by atoms with van der Waals surface area (Å²) in [7, 11) is 0. The Labute approximate surface area is 102 Å². The van der Waals surface area contributed by atoms with Crippen molar-refractivity contribution in [2.75, 3.05) is 6.54 Å². The highest BCUT2D eigenvalue weighted by Crippen LogP contribution is 2.24. The fraction of sp³-hybridized carbons (Fsp3) is 0.833. The van der Waals surface area contributed by atoms with E-state index in [9.17, 15) is 9.59 Å². The Balaban J connectivity index is 1.86. The highest BCUT2D eigenvalue weighted by molar-refractivity contribution is 5.88. The summed E-state index contributed by atoms with van der Waals surface area (Å²) in [6, 6.07) is -0.199. The number of nitrogens with two attached hydrogens (primary N) is 1. The Hall–Kier alpha value is -1.10. The van der Waals surface area contributed by atoms with Gasteiger partial charge in [-0.05, 0) is 38.5 Å². The minimum absolute atomic E-state index is 0. The first kappa shape index (κ1) is 12.4. The molecule has 4 N–H and O–H groups in total. The van der Waals surface area contributed by atoms with Gasteiger partial charge in [-0.25, -0.2) is 0 Å². The molecule has 2 amide bonds. The average Bonchev–Trinajstić information content (AvgIpc) is 2.63. The lowest BCUT2D eigenvalue weighted by atomic mass is 10.1. The molecule has 2 aliphatic rings. The third-order valence-electron chi connectivity index (χ3n) is 3.70. The summed E-state index contributed by atoms with van der Waals surface area (Å²) in [6.45, 7) is 0.722. The second-order valence-electron chi connectivity index (χ2n) is 5.12. The van der Waals surface area contributed by atoms with Crippen LogP contribution in [-0.2, 0) is 9.59 Å². The SMILES string of the molecule is NC1CCC(C(=O)NC2CCCCNC2=O)C1. The molecule has 3 atom stereocenters. The molecule has 0 aromatic carbocycles. The molecule has 2 rings (SSSR count). The molecule has 0 spiro atoms. The lowest BCUT2D eigenvalue weighted by molar-refractivity contribution is -0.130. The van der Waals surface area contributed by atoms with Gasteiger partial charge in [0, 0.05) is 18.5 Å². The van der Waals surface area contributed by atoms with E-state index in [2.05, 4.69) is 10.6 Å². The lowest BCUT2D eigenvalue weighted by Crippen LogP contribution is -2.47. The van der Waals surface area contributed by atoms with E-state index in [4.69, 9.17) is 5.73 Å². The monoisotopic (exact) mass is 239 g/mol. The molecule has 3 unspecified atom stereocenters. The third kappa shape index (κ3) is 3.19. The second kappa shape index (κ2) is 5.49. The van der Waals surface area contributed by atoms with E-state index in [-0.39, 0.29) is 29.8 Å². The van der Waals surface area contributed by atoms with E-state index < -0.39 is 0 Å². The van der Waals surface area contributed by atoms with Crippen LogP contribution in [0.2, 0.25) is 0 Å². The lowest BCUT2D eigenvalue weighted by Gasteiger charge is -2.18. The van der Waals surface area contributed by atoms with Crippen molar-refractivity contribution >= 4 is 11.8 Å². The van der Waals surface area contributed by atoms with E-state index in [1.165, 1.54) is 0 Å². The van der Waals surface area contributed by atoms with Crippen LogP contribution in [0.5, 0.6) is 0 Å². The number of carbonyl (C=O) groups excluding carboxylic acids is 2. The molecule has 1 aliphatic carbocycles. The van der Waals surface area contributed by atoms with Gasteiger partial charge in [0.25, 0.3) is 0 Å². The Morgan fingerprint density at radius 2 is 2.12 bits per heavy atom. The van der Waals surface area contributed by atoms with Gasteiger partial charge in [0.15, 0.2) is 0 Å². The summed E-state index contributed by atoms with van der Waals surface area (Å²) in [5.41, 5.74) is 5.79. The van der Waals surface area contributed by atoms with Gasteiger partial charge < -0.3 is 16.4 Å². The van der Waals surface area contributed by atoms with Crippen molar-refractivity contribution in [3.8, 4) is 0 Å². The smallest absolute Gasteiger partial charge is 0.242 e. The first-order chi connectivity index (χ1) is 8.16. The Morgan fingerprint density at radius 1 is 1.29 bits per heavy atom. The summed E-state index contributed by atoms with van der Waals surface area (Å²) in [6.07, 6.45) is 5.23. The summed E-state index contributed by atoms with van der Waals surface area (Å²) in [5, 5.41) is 5.69. The van der Waals surface area contributed by atoms with Crippen molar-refractivity contribution in [3.63, 3.8) is 0 Å². The van der Waals surface area contributed by atoms with Gasteiger partial charge in [0.05, 0.1) is 0 Å². The van der Waals surface area contributed by atoms with Crippen LogP contribution >= 0.6 is 0 Å². The number of hydrogen-bond donors (Lipinski definition) is 3. The molecule has 1 heterocycles. The van der Waals surface area contributed by atoms with Crippen LogP contribution in [0.25, 0.3) is 0 Å². The molecule has 2 fully saturated rings. The molecular weight excluding hydrogens is 218 g/mol. The predicted octanol–water partition coefficient (Wildman–Crippen LogP) is -0.101. The van der Waals surface area contributed by atoms with Gasteiger partial charge in [0.1, 0.15) is 6.04 Å². The molecular formula is C12H21N3O2. The van der Waals surface area contributed by atoms with Crippen molar-refractivity contribution in [3.05, 3.63) is 0 Å². The number of hydrogen-bond acceptors (Lipinski definition) is 3. The quantitative estimate of drug-likeness (QED) is 0.629. The molecule has 1 saturated heterocycles. The van der Waals surface area contributed by atoms with E-state index >= 15 is 0 Å². The van der Waals surface area contributed by atoms with Crippen molar-refractivity contribution in [1.82, 2.24) is 10.6 Å². The van der Waals surface area contributed by atoms with E-state index in [0.29, 0.717) is 0 Å². The standard InChI is InChI=1S/C12H21N3O2/c13-9-5-4-8(7-9)11(16)15-10-3-1-2-6-14-12(10)17/h8-10H,1-7,13H2,(H,14,17)(H,15,16). The van der Waals surface area contributed by atoms with Gasteiger partial charge >= 0.3 is 0 Å². The summed E-state index contributed by atoms with van der Waals surface area (Å²) < 4.78 is 0. The minimum atomic E-state index is -0.346. The zero-order valence-corrected chi connectivity index (χ0v) is 10.1. The van der Waals surface area contributed by atoms with Crippen LogP contribution in [-0.4, -0.2) is 30.4 Å². The largest absolute Gasteiger partial charge is 0.354 e. The van der Waals surface area contributed by atoms with Gasteiger partial charge in [-0.1, -0.05) is 0 Å². The zero-order chi connectivity index (χ0) is 12.3. The molecule has 96 valence electrons. The molecule has 0 radical (unpaired) electrons. The van der Waals surface area contributed by atoms with Crippen molar-refractivity contribution < 1.29 is 9.59 Å². The Kier molecular flexibility index (Phi) is 3.99. The number of nitrogens with one attached hydrogen (secondary N) is 2. The van der Waals surface area contributed by atoms with Crippen LogP contribution in [0, 0.1) is 5.92 Å². The maximum Gasteiger partial charge on any atom is 0.242 e. The maximum atomic E-state index is 12.0. The third-order valence-corrected chi connectivity index (χ3v) is 3.70. The van der Waals surface area contributed by atoms with Crippen molar-refractivity contribution in [2.24, 2.45) is 11.7 Å². The normalized spacial score (nSPS) is 33.9. The molecule has 1 saturated carbocycles. The van der Waals surface area contributed by atoms with Crippen LogP contribution in [0.3, 0.4) is 0 Å². The van der Waals surface area contributed by atoms with Gasteiger partial charge in [-0.3, -0.25) is 9.59 Å². The average molecular weight is 239 g/mol. The van der Waals surface area contributed by atoms with Crippen LogP contribution in [0.15, 0.2) is 0 Å². The maximum absolute atomic E-state index is 12.0. The van der Waals surface area contributed by atoms with E-state index in [1.54, 1.807) is 0 Å². The molecule has 0 aromatic rings. The first-order valence-electron chi connectivity index (χ1n) is 6.50. The van der Waals surface area contributed by atoms with Crippen LogP contribution in [0.4, 0.5) is 0 Å². The van der Waals surface area contributed by atoms with Gasteiger partial charge in [-0.2, -0.15) is 0 Å². The highest BCUT2D eigenvalue weighted by Gasteiger charge is 2.30. The fourth-order valence-electron chi connectivity index (χ4n) is 2.62. The topological polar surface area (TPSA) is 84.2 Å². The van der Waals surface area contributed by atoms with E-state index in [0.717, 1.165) is 45.1 Å². The molecule has 0 bridgehead atoms. The summed E-state index contributed by atoms with van der Waals surface area (Å²) >= 11 is 0.